The van der Waals surface area contributed by atoms with Gasteiger partial charge in [-0.3, -0.25) is 9.36 Å². The van der Waals surface area contributed by atoms with Crippen LogP contribution in [0.2, 0.25) is 5.02 Å². The quantitative estimate of drug-likeness (QED) is 0.787. The predicted octanol–water partition coefficient (Wildman–Crippen LogP) is 1.47. The van der Waals surface area contributed by atoms with Crippen LogP contribution in [0.1, 0.15) is 0 Å². The molecule has 0 saturated carbocycles. The number of ketones is 1. The number of carbonyl (C=O) groups is 1. The van der Waals surface area contributed by atoms with Gasteiger partial charge in [-0.15, -0.1) is 0 Å². The summed E-state index contributed by atoms with van der Waals surface area (Å²) >= 11 is 5.68. The first-order valence-corrected chi connectivity index (χ1v) is 6.49. The van der Waals surface area contributed by atoms with Crippen LogP contribution < -0.4 is 4.74 Å². The Labute approximate surface area is 97.2 Å². The van der Waals surface area contributed by atoms with Crippen LogP contribution in [-0.4, -0.2) is 28.3 Å². The van der Waals surface area contributed by atoms with E-state index in [4.69, 9.17) is 26.1 Å². The van der Waals surface area contributed by atoms with Crippen LogP contribution in [0.4, 0.5) is 0 Å². The summed E-state index contributed by atoms with van der Waals surface area (Å²) in [5.41, 5.74) is 0. The Morgan fingerprint density at radius 2 is 2.12 bits per heavy atom. The van der Waals surface area contributed by atoms with Crippen LogP contribution in [0.3, 0.4) is 0 Å². The molecule has 16 heavy (non-hydrogen) atoms. The molecule has 0 unspecified atom stereocenters. The van der Waals surface area contributed by atoms with Crippen molar-refractivity contribution in [1.82, 2.24) is 0 Å². The van der Waals surface area contributed by atoms with Gasteiger partial charge in [0.2, 0.25) is 0 Å². The van der Waals surface area contributed by atoms with E-state index < -0.39 is 19.5 Å². The van der Waals surface area contributed by atoms with Crippen molar-refractivity contribution in [3.63, 3.8) is 0 Å². The van der Waals surface area contributed by atoms with Crippen LogP contribution in [0.15, 0.2) is 24.3 Å². The van der Waals surface area contributed by atoms with Crippen molar-refractivity contribution in [2.75, 3.05) is 12.8 Å². The Kier molecular flexibility index (Phi) is 4.50. The second-order valence-corrected chi connectivity index (χ2v) is 5.19. The highest BCUT2D eigenvalue weighted by molar-refractivity contribution is 7.52. The van der Waals surface area contributed by atoms with Crippen molar-refractivity contribution in [2.24, 2.45) is 0 Å². The SMILES string of the molecule is O=C(COc1cccc(Cl)c1)CP(=O)(O)O. The molecule has 0 bridgehead atoms. The Morgan fingerprint density at radius 3 is 2.69 bits per heavy atom. The molecule has 0 spiro atoms. The molecule has 0 fully saturated rings. The lowest BCUT2D eigenvalue weighted by Gasteiger charge is -2.06. The number of ether oxygens (including phenoxy) is 1. The highest BCUT2D eigenvalue weighted by Crippen LogP contribution is 2.33. The van der Waals surface area contributed by atoms with E-state index in [0.29, 0.717) is 10.8 Å². The van der Waals surface area contributed by atoms with Gasteiger partial charge < -0.3 is 14.5 Å². The lowest BCUT2D eigenvalue weighted by molar-refractivity contribution is -0.118. The van der Waals surface area contributed by atoms with Crippen LogP contribution >= 0.6 is 19.2 Å². The Morgan fingerprint density at radius 1 is 1.44 bits per heavy atom. The second kappa shape index (κ2) is 5.46. The van der Waals surface area contributed by atoms with Crippen LogP contribution in [-0.2, 0) is 9.36 Å². The van der Waals surface area contributed by atoms with Crippen molar-refractivity contribution < 1.29 is 23.9 Å². The van der Waals surface area contributed by atoms with E-state index in [1.165, 1.54) is 6.07 Å². The molecule has 0 aliphatic rings. The van der Waals surface area contributed by atoms with Crippen molar-refractivity contribution in [1.29, 1.82) is 0 Å². The molecule has 5 nitrogen and oxygen atoms in total. The average Bonchev–Trinajstić information content (AvgIpc) is 2.12. The Balaban J connectivity index is 2.46. The van der Waals surface area contributed by atoms with Crippen molar-refractivity contribution in [2.45, 2.75) is 0 Å². The van der Waals surface area contributed by atoms with Crippen molar-refractivity contribution in [3.05, 3.63) is 29.3 Å². The van der Waals surface area contributed by atoms with Crippen LogP contribution in [0.5, 0.6) is 5.75 Å². The first kappa shape index (κ1) is 13.2. The third kappa shape index (κ3) is 5.28. The molecule has 0 amide bonds. The zero-order chi connectivity index (χ0) is 12.2. The highest BCUT2D eigenvalue weighted by atomic mass is 35.5. The fourth-order valence-corrected chi connectivity index (χ4v) is 1.73. The van der Waals surface area contributed by atoms with Gasteiger partial charge in [-0.1, -0.05) is 17.7 Å². The monoisotopic (exact) mass is 264 g/mol. The van der Waals surface area contributed by atoms with Gasteiger partial charge in [-0.2, -0.15) is 0 Å². The third-order valence-electron chi connectivity index (χ3n) is 1.58. The summed E-state index contributed by atoms with van der Waals surface area (Å²) in [5.74, 6) is -0.278. The first-order chi connectivity index (χ1) is 7.37. The van der Waals surface area contributed by atoms with E-state index in [9.17, 15) is 9.36 Å². The molecule has 0 aromatic heterocycles. The minimum absolute atomic E-state index is 0.381. The molecule has 1 rings (SSSR count). The van der Waals surface area contributed by atoms with Gasteiger partial charge in [0.05, 0.1) is 0 Å². The predicted molar refractivity (Wildman–Crippen MR) is 58.9 cm³/mol. The average molecular weight is 265 g/mol. The molecule has 2 N–H and O–H groups in total. The molecule has 0 aliphatic carbocycles. The molecule has 0 saturated heterocycles. The largest absolute Gasteiger partial charge is 0.486 e. The molecule has 0 radical (unpaired) electrons. The minimum Gasteiger partial charge on any atom is -0.486 e. The summed E-state index contributed by atoms with van der Waals surface area (Å²) in [6, 6.07) is 6.39. The number of Topliss-reactive ketones (excluding diaryl/α,β-unsaturated/α-hetero) is 1. The number of halogens is 1. The fourth-order valence-electron chi connectivity index (χ4n) is 0.996. The maximum Gasteiger partial charge on any atom is 0.333 e. The molecular weight excluding hydrogens is 255 g/mol. The molecular formula is C9H10ClO5P. The van der Waals surface area contributed by atoms with Gasteiger partial charge in [0.1, 0.15) is 18.5 Å². The van der Waals surface area contributed by atoms with E-state index in [1.54, 1.807) is 18.2 Å². The second-order valence-electron chi connectivity index (χ2n) is 3.11. The first-order valence-electron chi connectivity index (χ1n) is 4.31. The number of benzene rings is 1. The number of hydrogen-bond donors (Lipinski definition) is 2. The molecule has 7 heteroatoms. The van der Waals surface area contributed by atoms with Gasteiger partial charge in [-0.05, 0) is 18.2 Å². The number of hydrogen-bond acceptors (Lipinski definition) is 3. The summed E-state index contributed by atoms with van der Waals surface area (Å²) < 4.78 is 15.5. The Hall–Kier alpha value is -0.870. The van der Waals surface area contributed by atoms with Gasteiger partial charge in [-0.25, -0.2) is 0 Å². The van der Waals surface area contributed by atoms with Crippen LogP contribution in [0.25, 0.3) is 0 Å². The molecule has 1 aromatic carbocycles. The van der Waals surface area contributed by atoms with Gasteiger partial charge in [0.25, 0.3) is 0 Å². The summed E-state index contributed by atoms with van der Waals surface area (Å²) in [6.07, 6.45) is -0.812. The van der Waals surface area contributed by atoms with E-state index in [-0.39, 0.29) is 6.61 Å². The molecule has 88 valence electrons. The normalized spacial score (nSPS) is 11.2. The van der Waals surface area contributed by atoms with Crippen LogP contribution in [0, 0.1) is 0 Å². The lowest BCUT2D eigenvalue weighted by atomic mass is 10.3. The summed E-state index contributed by atoms with van der Waals surface area (Å²) in [7, 11) is -4.31. The summed E-state index contributed by atoms with van der Waals surface area (Å²) in [4.78, 5) is 28.2. The van der Waals surface area contributed by atoms with Gasteiger partial charge >= 0.3 is 7.60 Å². The van der Waals surface area contributed by atoms with Gasteiger partial charge in [0, 0.05) is 5.02 Å². The Bertz CT molecular complexity index is 428. The van der Waals surface area contributed by atoms with Crippen molar-refractivity contribution >= 4 is 25.0 Å². The zero-order valence-electron chi connectivity index (χ0n) is 8.17. The smallest absolute Gasteiger partial charge is 0.333 e. The standard InChI is InChI=1S/C9H10ClO5P/c10-7-2-1-3-9(4-7)15-5-8(11)6-16(12,13)14/h1-4H,5-6H2,(H2,12,13,14). The maximum absolute atomic E-state index is 11.1. The van der Waals surface area contributed by atoms with Crippen molar-refractivity contribution in [3.8, 4) is 5.75 Å². The zero-order valence-corrected chi connectivity index (χ0v) is 9.82. The minimum atomic E-state index is -4.31. The van der Waals surface area contributed by atoms with Gasteiger partial charge in [0.15, 0.2) is 5.78 Å². The molecule has 0 heterocycles. The van der Waals surface area contributed by atoms with E-state index in [2.05, 4.69) is 0 Å². The number of carbonyl (C=O) groups excluding carboxylic acids is 1. The van der Waals surface area contributed by atoms with E-state index in [1.807, 2.05) is 0 Å². The van der Waals surface area contributed by atoms with E-state index >= 15 is 0 Å². The maximum atomic E-state index is 11.1. The number of rotatable bonds is 5. The van der Waals surface area contributed by atoms with E-state index in [0.717, 1.165) is 0 Å². The summed E-state index contributed by atoms with van der Waals surface area (Å²) in [5, 5.41) is 0.458. The molecule has 1 aromatic rings. The fraction of sp³-hybridized carbons (Fsp3) is 0.222. The topological polar surface area (TPSA) is 83.8 Å². The lowest BCUT2D eigenvalue weighted by Crippen LogP contribution is -2.15. The highest BCUT2D eigenvalue weighted by Gasteiger charge is 2.19. The summed E-state index contributed by atoms with van der Waals surface area (Å²) in [6.45, 7) is -0.383. The molecule has 0 atom stereocenters. The third-order valence-corrected chi connectivity index (χ3v) is 2.58. The molecule has 0 aliphatic heterocycles.